The predicted molar refractivity (Wildman–Crippen MR) is 78.0 cm³/mol. The molecule has 0 aliphatic carbocycles. The SMILES string of the molecule is O=C(O)c1ccc(COc2ccc(NCC(O)CO)cc2)o1. The second kappa shape index (κ2) is 7.48. The number of carboxylic acids is 1. The van der Waals surface area contributed by atoms with Crippen molar-refractivity contribution in [3.05, 3.63) is 47.9 Å². The van der Waals surface area contributed by atoms with E-state index in [0.29, 0.717) is 11.5 Å². The third-order valence-electron chi connectivity index (χ3n) is 2.86. The van der Waals surface area contributed by atoms with Crippen LogP contribution in [0.1, 0.15) is 16.3 Å². The molecule has 0 spiro atoms. The van der Waals surface area contributed by atoms with Crippen LogP contribution < -0.4 is 10.1 Å². The lowest BCUT2D eigenvalue weighted by atomic mass is 10.3. The molecule has 22 heavy (non-hydrogen) atoms. The Labute approximate surface area is 126 Å². The van der Waals surface area contributed by atoms with Crippen molar-refractivity contribution in [1.82, 2.24) is 0 Å². The first-order chi connectivity index (χ1) is 10.6. The number of hydrogen-bond donors (Lipinski definition) is 4. The lowest BCUT2D eigenvalue weighted by Gasteiger charge is -2.11. The van der Waals surface area contributed by atoms with E-state index in [4.69, 9.17) is 19.4 Å². The van der Waals surface area contributed by atoms with E-state index in [1.54, 1.807) is 30.3 Å². The smallest absolute Gasteiger partial charge is 0.371 e. The first-order valence-corrected chi connectivity index (χ1v) is 6.66. The molecule has 2 aromatic rings. The number of rotatable bonds is 8. The maximum atomic E-state index is 10.7. The summed E-state index contributed by atoms with van der Waals surface area (Å²) < 4.78 is 10.6. The molecule has 2 rings (SSSR count). The predicted octanol–water partition coefficient (Wildman–Crippen LogP) is 1.32. The first kappa shape index (κ1) is 15.9. The summed E-state index contributed by atoms with van der Waals surface area (Å²) in [6, 6.07) is 9.92. The fraction of sp³-hybridized carbons (Fsp3) is 0.267. The van der Waals surface area contributed by atoms with E-state index in [0.717, 1.165) is 5.69 Å². The Balaban J connectivity index is 1.84. The van der Waals surface area contributed by atoms with Crippen LogP contribution in [0, 0.1) is 0 Å². The van der Waals surface area contributed by atoms with Gasteiger partial charge in [0.2, 0.25) is 5.76 Å². The molecule has 1 unspecified atom stereocenters. The molecule has 1 aromatic carbocycles. The highest BCUT2D eigenvalue weighted by Crippen LogP contribution is 2.18. The van der Waals surface area contributed by atoms with Gasteiger partial charge in [0.05, 0.1) is 12.7 Å². The highest BCUT2D eigenvalue weighted by Gasteiger charge is 2.09. The van der Waals surface area contributed by atoms with Gasteiger partial charge in [-0.15, -0.1) is 0 Å². The zero-order valence-electron chi connectivity index (χ0n) is 11.7. The molecule has 1 atom stereocenters. The molecular weight excluding hydrogens is 290 g/mol. The number of aliphatic hydroxyl groups excluding tert-OH is 2. The van der Waals surface area contributed by atoms with Crippen LogP contribution >= 0.6 is 0 Å². The van der Waals surface area contributed by atoms with Crippen molar-refractivity contribution in [2.24, 2.45) is 0 Å². The van der Waals surface area contributed by atoms with Crippen molar-refractivity contribution in [2.75, 3.05) is 18.5 Å². The number of aliphatic hydroxyl groups is 2. The van der Waals surface area contributed by atoms with Crippen LogP contribution in [0.3, 0.4) is 0 Å². The zero-order chi connectivity index (χ0) is 15.9. The Hall–Kier alpha value is -2.51. The molecule has 0 saturated carbocycles. The van der Waals surface area contributed by atoms with Crippen molar-refractivity contribution in [2.45, 2.75) is 12.7 Å². The van der Waals surface area contributed by atoms with Gasteiger partial charge >= 0.3 is 5.97 Å². The quantitative estimate of drug-likeness (QED) is 0.582. The van der Waals surface area contributed by atoms with E-state index in [2.05, 4.69) is 5.32 Å². The molecule has 1 aromatic heterocycles. The molecule has 118 valence electrons. The van der Waals surface area contributed by atoms with Gasteiger partial charge in [-0.1, -0.05) is 0 Å². The summed E-state index contributed by atoms with van der Waals surface area (Å²) in [5.74, 6) is -0.223. The van der Waals surface area contributed by atoms with Crippen molar-refractivity contribution in [3.8, 4) is 5.75 Å². The van der Waals surface area contributed by atoms with Crippen molar-refractivity contribution in [3.63, 3.8) is 0 Å². The summed E-state index contributed by atoms with van der Waals surface area (Å²) in [6.07, 6.45) is -0.807. The Morgan fingerprint density at radius 2 is 1.95 bits per heavy atom. The topological polar surface area (TPSA) is 112 Å². The number of hydrogen-bond acceptors (Lipinski definition) is 6. The normalized spacial score (nSPS) is 11.9. The third-order valence-corrected chi connectivity index (χ3v) is 2.86. The largest absolute Gasteiger partial charge is 0.486 e. The third kappa shape index (κ3) is 4.51. The second-order valence-electron chi connectivity index (χ2n) is 4.60. The minimum Gasteiger partial charge on any atom is -0.486 e. The van der Waals surface area contributed by atoms with E-state index >= 15 is 0 Å². The van der Waals surface area contributed by atoms with E-state index in [9.17, 15) is 9.90 Å². The Kier molecular flexibility index (Phi) is 5.40. The van der Waals surface area contributed by atoms with Gasteiger partial charge in [-0.05, 0) is 36.4 Å². The summed E-state index contributed by atoms with van der Waals surface area (Å²) in [6.45, 7) is 0.0834. The standard InChI is InChI=1S/C15H17NO6/c17-8-11(18)7-16-10-1-3-12(4-2-10)21-9-13-5-6-14(22-13)15(19)20/h1-6,11,16-18H,7-9H2,(H,19,20). The number of anilines is 1. The summed E-state index contributed by atoms with van der Waals surface area (Å²) in [4.78, 5) is 10.7. The minimum absolute atomic E-state index is 0.124. The fourth-order valence-electron chi connectivity index (χ4n) is 1.69. The van der Waals surface area contributed by atoms with Crippen molar-refractivity contribution >= 4 is 11.7 Å². The van der Waals surface area contributed by atoms with Crippen LogP contribution in [0.4, 0.5) is 5.69 Å². The van der Waals surface area contributed by atoms with Gasteiger partial charge < -0.3 is 29.8 Å². The molecule has 7 nitrogen and oxygen atoms in total. The molecule has 0 bridgehead atoms. The number of carbonyl (C=O) groups is 1. The summed E-state index contributed by atoms with van der Waals surface area (Å²) in [5.41, 5.74) is 0.783. The lowest BCUT2D eigenvalue weighted by molar-refractivity contribution is 0.0658. The number of ether oxygens (including phenoxy) is 1. The molecule has 0 fully saturated rings. The Bertz CT molecular complexity index is 607. The fourth-order valence-corrected chi connectivity index (χ4v) is 1.69. The van der Waals surface area contributed by atoms with Gasteiger partial charge in [0.15, 0.2) is 0 Å². The highest BCUT2D eigenvalue weighted by atomic mass is 16.5. The molecule has 0 aliphatic heterocycles. The second-order valence-corrected chi connectivity index (χ2v) is 4.60. The molecule has 7 heteroatoms. The first-order valence-electron chi connectivity index (χ1n) is 6.66. The minimum atomic E-state index is -1.12. The van der Waals surface area contributed by atoms with E-state index in [1.807, 2.05) is 0 Å². The molecule has 1 heterocycles. The molecule has 0 saturated heterocycles. The number of benzene rings is 1. The maximum Gasteiger partial charge on any atom is 0.371 e. The molecule has 0 amide bonds. The Morgan fingerprint density at radius 1 is 1.23 bits per heavy atom. The summed E-state index contributed by atoms with van der Waals surface area (Å²) >= 11 is 0. The van der Waals surface area contributed by atoms with Crippen LogP contribution in [0.5, 0.6) is 5.75 Å². The molecule has 0 aliphatic rings. The van der Waals surface area contributed by atoms with E-state index < -0.39 is 12.1 Å². The average Bonchev–Trinajstić information content (AvgIpc) is 3.01. The monoisotopic (exact) mass is 307 g/mol. The molecule has 4 N–H and O–H groups in total. The van der Waals surface area contributed by atoms with Crippen molar-refractivity contribution in [1.29, 1.82) is 0 Å². The average molecular weight is 307 g/mol. The molecular formula is C15H17NO6. The summed E-state index contributed by atoms with van der Waals surface area (Å²) in [7, 11) is 0. The Morgan fingerprint density at radius 3 is 2.55 bits per heavy atom. The van der Waals surface area contributed by atoms with Gasteiger partial charge in [0.1, 0.15) is 18.1 Å². The zero-order valence-corrected chi connectivity index (χ0v) is 11.7. The van der Waals surface area contributed by atoms with Crippen LogP contribution in [-0.2, 0) is 6.61 Å². The van der Waals surface area contributed by atoms with Gasteiger partial charge in [-0.25, -0.2) is 4.79 Å². The van der Waals surface area contributed by atoms with E-state index in [-0.39, 0.29) is 25.5 Å². The van der Waals surface area contributed by atoms with Crippen LogP contribution in [-0.4, -0.2) is 40.5 Å². The van der Waals surface area contributed by atoms with Gasteiger partial charge in [0.25, 0.3) is 0 Å². The number of aromatic carboxylic acids is 1. The molecule has 0 radical (unpaired) electrons. The van der Waals surface area contributed by atoms with E-state index in [1.165, 1.54) is 6.07 Å². The lowest BCUT2D eigenvalue weighted by Crippen LogP contribution is -2.22. The number of furan rings is 1. The van der Waals surface area contributed by atoms with Crippen molar-refractivity contribution < 1.29 is 29.3 Å². The van der Waals surface area contributed by atoms with Crippen LogP contribution in [0.15, 0.2) is 40.8 Å². The van der Waals surface area contributed by atoms with Gasteiger partial charge in [0, 0.05) is 12.2 Å². The number of nitrogens with one attached hydrogen (secondary N) is 1. The van der Waals surface area contributed by atoms with Gasteiger partial charge in [-0.3, -0.25) is 0 Å². The highest BCUT2D eigenvalue weighted by molar-refractivity contribution is 5.84. The van der Waals surface area contributed by atoms with Crippen LogP contribution in [0.25, 0.3) is 0 Å². The maximum absolute atomic E-state index is 10.7. The van der Waals surface area contributed by atoms with Crippen LogP contribution in [0.2, 0.25) is 0 Å². The summed E-state index contributed by atoms with van der Waals surface area (Å²) in [5, 5.41) is 29.7. The van der Waals surface area contributed by atoms with Gasteiger partial charge in [-0.2, -0.15) is 0 Å². The number of carboxylic acid groups (broad SMARTS) is 1.